The molecule has 4 atom stereocenters. The molecule has 23 heavy (non-hydrogen) atoms. The smallest absolute Gasteiger partial charge is 0.0901 e. The van der Waals surface area contributed by atoms with Crippen LogP contribution in [0.1, 0.15) is 47.9 Å². The summed E-state index contributed by atoms with van der Waals surface area (Å²) in [5, 5.41) is 15.4. The van der Waals surface area contributed by atoms with Gasteiger partial charge in [-0.2, -0.15) is 0 Å². The van der Waals surface area contributed by atoms with Crippen molar-refractivity contribution in [3.63, 3.8) is 0 Å². The van der Waals surface area contributed by atoms with E-state index in [0.29, 0.717) is 12.0 Å². The number of hydrogen-bond donors (Lipinski definition) is 2. The lowest BCUT2D eigenvalue weighted by atomic mass is 9.78. The van der Waals surface area contributed by atoms with Crippen molar-refractivity contribution in [2.45, 2.75) is 44.4 Å². The van der Waals surface area contributed by atoms with Crippen LogP contribution in [-0.2, 0) is 11.2 Å². The number of thiophene rings is 1. The molecule has 2 aliphatic rings. The molecular formula is C19H23NO2S. The van der Waals surface area contributed by atoms with Gasteiger partial charge in [0.05, 0.1) is 24.9 Å². The molecule has 0 saturated carbocycles. The Bertz CT molecular complexity index is 670. The van der Waals surface area contributed by atoms with E-state index in [1.807, 2.05) is 0 Å². The fraction of sp³-hybridized carbons (Fsp3) is 0.474. The average Bonchev–Trinajstić information content (AvgIpc) is 3.14. The predicted octanol–water partition coefficient (Wildman–Crippen LogP) is 4.31. The number of rotatable bonds is 3. The fourth-order valence-electron chi connectivity index (χ4n) is 3.91. The highest BCUT2D eigenvalue weighted by molar-refractivity contribution is 7.10. The normalized spacial score (nSPS) is 29.5. The van der Waals surface area contributed by atoms with Crippen LogP contribution in [0, 0.1) is 5.92 Å². The molecule has 2 aromatic rings. The summed E-state index contributed by atoms with van der Waals surface area (Å²) < 4.78 is 6.31. The third-order valence-electron chi connectivity index (χ3n) is 5.17. The van der Waals surface area contributed by atoms with Crippen LogP contribution in [0.3, 0.4) is 0 Å². The molecule has 2 aliphatic heterocycles. The lowest BCUT2D eigenvalue weighted by molar-refractivity contribution is -0.109. The van der Waals surface area contributed by atoms with Gasteiger partial charge in [0.15, 0.2) is 0 Å². The Morgan fingerprint density at radius 3 is 2.96 bits per heavy atom. The van der Waals surface area contributed by atoms with Gasteiger partial charge in [0.1, 0.15) is 0 Å². The highest BCUT2D eigenvalue weighted by Crippen LogP contribution is 2.51. The summed E-state index contributed by atoms with van der Waals surface area (Å²) in [5.41, 5.74) is 3.79. The van der Waals surface area contributed by atoms with Gasteiger partial charge in [-0.3, -0.25) is 0 Å². The molecule has 0 aliphatic carbocycles. The molecule has 1 aromatic heterocycles. The third kappa shape index (κ3) is 2.69. The number of aliphatic hydroxyl groups excluding tert-OH is 1. The number of fused-ring (bicyclic) bond motifs is 3. The van der Waals surface area contributed by atoms with Crippen LogP contribution in [0.15, 0.2) is 35.7 Å². The van der Waals surface area contributed by atoms with Crippen molar-refractivity contribution in [3.8, 4) is 0 Å². The molecule has 1 aromatic carbocycles. The van der Waals surface area contributed by atoms with Crippen LogP contribution in [0.4, 0.5) is 5.69 Å². The van der Waals surface area contributed by atoms with Crippen molar-refractivity contribution in [3.05, 3.63) is 51.7 Å². The van der Waals surface area contributed by atoms with Crippen molar-refractivity contribution in [2.24, 2.45) is 5.92 Å². The maximum atomic E-state index is 9.54. The first-order chi connectivity index (χ1) is 11.3. The topological polar surface area (TPSA) is 41.5 Å². The van der Waals surface area contributed by atoms with E-state index >= 15 is 0 Å². The Balaban J connectivity index is 1.75. The first kappa shape index (κ1) is 15.2. The second kappa shape index (κ2) is 6.27. The van der Waals surface area contributed by atoms with Crippen LogP contribution in [-0.4, -0.2) is 17.8 Å². The molecule has 4 rings (SSSR count). The largest absolute Gasteiger partial charge is 0.394 e. The summed E-state index contributed by atoms with van der Waals surface area (Å²) in [6.07, 6.45) is 3.10. The summed E-state index contributed by atoms with van der Waals surface area (Å²) in [5.74, 6) is 0.427. The zero-order valence-corrected chi connectivity index (χ0v) is 14.2. The second-order valence-electron chi connectivity index (χ2n) is 6.52. The van der Waals surface area contributed by atoms with Crippen LogP contribution in [0.2, 0.25) is 0 Å². The van der Waals surface area contributed by atoms with Gasteiger partial charge < -0.3 is 15.2 Å². The van der Waals surface area contributed by atoms with Crippen LogP contribution in [0.25, 0.3) is 0 Å². The SMILES string of the molecule is CCc1ccc2c(c1)[C@@H]1O[C@H](CO)CC[C@@H]1[C@@H](c1cccs1)N2. The van der Waals surface area contributed by atoms with Crippen molar-refractivity contribution in [1.82, 2.24) is 0 Å². The van der Waals surface area contributed by atoms with Gasteiger partial charge in [0, 0.05) is 22.0 Å². The highest BCUT2D eigenvalue weighted by Gasteiger charge is 2.42. The summed E-state index contributed by atoms with van der Waals surface area (Å²) >= 11 is 1.81. The fourth-order valence-corrected chi connectivity index (χ4v) is 4.76. The van der Waals surface area contributed by atoms with E-state index in [9.17, 15) is 5.11 Å². The number of benzene rings is 1. The minimum atomic E-state index is -0.0310. The molecule has 3 nitrogen and oxygen atoms in total. The van der Waals surface area contributed by atoms with E-state index in [-0.39, 0.29) is 18.8 Å². The molecule has 1 saturated heterocycles. The number of ether oxygens (including phenoxy) is 1. The van der Waals surface area contributed by atoms with Gasteiger partial charge >= 0.3 is 0 Å². The van der Waals surface area contributed by atoms with Crippen molar-refractivity contribution in [2.75, 3.05) is 11.9 Å². The van der Waals surface area contributed by atoms with E-state index in [2.05, 4.69) is 48.0 Å². The molecule has 3 heterocycles. The predicted molar refractivity (Wildman–Crippen MR) is 93.9 cm³/mol. The van der Waals surface area contributed by atoms with Crippen LogP contribution < -0.4 is 5.32 Å². The van der Waals surface area contributed by atoms with Crippen molar-refractivity contribution >= 4 is 17.0 Å². The van der Waals surface area contributed by atoms with Gasteiger partial charge in [-0.05, 0) is 42.3 Å². The van der Waals surface area contributed by atoms with Gasteiger partial charge in [0.25, 0.3) is 0 Å². The Labute approximate surface area is 141 Å². The van der Waals surface area contributed by atoms with E-state index in [1.54, 1.807) is 11.3 Å². The summed E-state index contributed by atoms with van der Waals surface area (Å²) in [6.45, 7) is 2.30. The Hall–Kier alpha value is -1.36. The van der Waals surface area contributed by atoms with E-state index in [1.165, 1.54) is 21.7 Å². The first-order valence-corrected chi connectivity index (χ1v) is 9.37. The molecule has 1 fully saturated rings. The number of hydrogen-bond acceptors (Lipinski definition) is 4. The maximum Gasteiger partial charge on any atom is 0.0901 e. The van der Waals surface area contributed by atoms with Gasteiger partial charge in [-0.1, -0.05) is 25.1 Å². The monoisotopic (exact) mass is 329 g/mol. The molecule has 122 valence electrons. The Kier molecular flexibility index (Phi) is 4.14. The molecule has 0 amide bonds. The minimum Gasteiger partial charge on any atom is -0.394 e. The van der Waals surface area contributed by atoms with E-state index < -0.39 is 0 Å². The number of nitrogens with one attached hydrogen (secondary N) is 1. The van der Waals surface area contributed by atoms with Gasteiger partial charge in [-0.25, -0.2) is 0 Å². The van der Waals surface area contributed by atoms with Crippen LogP contribution in [0.5, 0.6) is 0 Å². The quantitative estimate of drug-likeness (QED) is 0.882. The summed E-state index contributed by atoms with van der Waals surface area (Å²) in [7, 11) is 0. The number of anilines is 1. The second-order valence-corrected chi connectivity index (χ2v) is 7.49. The van der Waals surface area contributed by atoms with Crippen molar-refractivity contribution < 1.29 is 9.84 Å². The molecule has 4 heteroatoms. The molecule has 0 radical (unpaired) electrons. The lowest BCUT2D eigenvalue weighted by Crippen LogP contribution is -2.39. The maximum absolute atomic E-state index is 9.54. The van der Waals surface area contributed by atoms with Crippen molar-refractivity contribution in [1.29, 1.82) is 0 Å². The molecule has 0 bridgehead atoms. The molecule has 0 spiro atoms. The van der Waals surface area contributed by atoms with Gasteiger partial charge in [-0.15, -0.1) is 11.3 Å². The zero-order valence-electron chi connectivity index (χ0n) is 13.4. The summed E-state index contributed by atoms with van der Waals surface area (Å²) in [4.78, 5) is 1.37. The van der Waals surface area contributed by atoms with E-state index in [0.717, 1.165) is 19.3 Å². The number of aliphatic hydroxyl groups is 1. The Morgan fingerprint density at radius 1 is 1.30 bits per heavy atom. The Morgan fingerprint density at radius 2 is 2.22 bits per heavy atom. The van der Waals surface area contributed by atoms with E-state index in [4.69, 9.17) is 4.74 Å². The standard InChI is InChI=1S/C19H23NO2S/c1-2-12-5-8-16-15(10-12)19-14(7-6-13(11-21)22-19)18(20-16)17-4-3-9-23-17/h3-5,8-10,13-14,18-21H,2,6-7,11H2,1H3/t13-,14+,18-,19+/m0/s1. The first-order valence-electron chi connectivity index (χ1n) is 8.49. The highest BCUT2D eigenvalue weighted by atomic mass is 32.1. The third-order valence-corrected chi connectivity index (χ3v) is 6.13. The lowest BCUT2D eigenvalue weighted by Gasteiger charge is -2.45. The average molecular weight is 329 g/mol. The molecule has 2 N–H and O–H groups in total. The summed E-state index contributed by atoms with van der Waals surface area (Å²) in [6, 6.07) is 11.3. The zero-order chi connectivity index (χ0) is 15.8. The molecular weight excluding hydrogens is 306 g/mol. The number of aryl methyl sites for hydroxylation is 1. The van der Waals surface area contributed by atoms with Crippen LogP contribution >= 0.6 is 11.3 Å². The minimum absolute atomic E-state index is 0.0310. The molecule has 0 unspecified atom stereocenters. The van der Waals surface area contributed by atoms with Gasteiger partial charge in [0.2, 0.25) is 0 Å².